The first-order chi connectivity index (χ1) is 16.4. The summed E-state index contributed by atoms with van der Waals surface area (Å²) in [6.45, 7) is 0. The molecule has 2 aromatic carbocycles. The average Bonchev–Trinajstić information content (AvgIpc) is 3.51. The summed E-state index contributed by atoms with van der Waals surface area (Å²) < 4.78 is 16.1. The van der Waals surface area contributed by atoms with E-state index in [2.05, 4.69) is 10.6 Å². The highest BCUT2D eigenvalue weighted by Gasteiger charge is 2.12. The molecule has 0 unspecified atom stereocenters. The summed E-state index contributed by atoms with van der Waals surface area (Å²) >= 11 is 12.2. The minimum absolute atomic E-state index is 0.169. The van der Waals surface area contributed by atoms with E-state index >= 15 is 0 Å². The van der Waals surface area contributed by atoms with Crippen LogP contribution in [0, 0.1) is 0 Å². The molecule has 2 heterocycles. The SMILES string of the molecule is COc1ccc(NC(=O)c2ccco2)cc1NC(=O)/C=C/c1ccc(-c2ccc(Cl)cc2Cl)o1. The molecule has 7 nitrogen and oxygen atoms in total. The van der Waals surface area contributed by atoms with Gasteiger partial charge in [0.2, 0.25) is 5.91 Å². The maximum atomic E-state index is 12.5. The number of anilines is 2. The maximum Gasteiger partial charge on any atom is 0.291 e. The van der Waals surface area contributed by atoms with Gasteiger partial charge in [-0.15, -0.1) is 0 Å². The van der Waals surface area contributed by atoms with E-state index < -0.39 is 11.8 Å². The topological polar surface area (TPSA) is 93.7 Å². The quantitative estimate of drug-likeness (QED) is 0.275. The first-order valence-electron chi connectivity index (χ1n) is 10.00. The summed E-state index contributed by atoms with van der Waals surface area (Å²) in [5, 5.41) is 6.42. The normalized spacial score (nSPS) is 10.9. The van der Waals surface area contributed by atoms with Gasteiger partial charge in [0, 0.05) is 22.3 Å². The second-order valence-electron chi connectivity index (χ2n) is 7.00. The van der Waals surface area contributed by atoms with Crippen molar-refractivity contribution < 1.29 is 23.2 Å². The molecule has 2 aromatic heterocycles. The summed E-state index contributed by atoms with van der Waals surface area (Å²) in [5.74, 6) is 0.764. The van der Waals surface area contributed by atoms with Gasteiger partial charge in [-0.25, -0.2) is 0 Å². The number of methoxy groups -OCH3 is 1. The molecule has 4 rings (SSSR count). The number of carbonyl (C=O) groups excluding carboxylic acids is 2. The molecule has 0 saturated carbocycles. The Morgan fingerprint density at radius 3 is 2.59 bits per heavy atom. The van der Waals surface area contributed by atoms with Crippen LogP contribution in [0.5, 0.6) is 5.75 Å². The van der Waals surface area contributed by atoms with Gasteiger partial charge in [-0.1, -0.05) is 23.2 Å². The van der Waals surface area contributed by atoms with Crippen molar-refractivity contribution in [2.24, 2.45) is 0 Å². The highest BCUT2D eigenvalue weighted by molar-refractivity contribution is 6.36. The van der Waals surface area contributed by atoms with Gasteiger partial charge in [-0.05, 0) is 66.7 Å². The molecule has 0 spiro atoms. The fraction of sp³-hybridized carbons (Fsp3) is 0.0400. The molecule has 0 bridgehead atoms. The number of furan rings is 2. The number of amides is 2. The lowest BCUT2D eigenvalue weighted by Crippen LogP contribution is -2.12. The Kier molecular flexibility index (Phi) is 7.06. The van der Waals surface area contributed by atoms with E-state index in [1.807, 2.05) is 0 Å². The fourth-order valence-electron chi connectivity index (χ4n) is 3.09. The largest absolute Gasteiger partial charge is 0.495 e. The lowest BCUT2D eigenvalue weighted by atomic mass is 10.2. The smallest absolute Gasteiger partial charge is 0.291 e. The van der Waals surface area contributed by atoms with E-state index in [1.165, 1.54) is 25.5 Å². The minimum atomic E-state index is -0.421. The maximum absolute atomic E-state index is 12.5. The third-order valence-electron chi connectivity index (χ3n) is 4.68. The standard InChI is InChI=1S/C25H18Cl2N2O5/c1-32-22-9-5-16(28-25(31)23-3-2-12-33-23)14-20(22)29-24(30)11-7-17-6-10-21(34-17)18-8-4-15(26)13-19(18)27/h2-14H,1H3,(H,28,31)(H,29,30)/b11-7+. The highest BCUT2D eigenvalue weighted by Crippen LogP contribution is 2.32. The number of hydrogen-bond acceptors (Lipinski definition) is 5. The third kappa shape index (κ3) is 5.51. The lowest BCUT2D eigenvalue weighted by molar-refractivity contribution is -0.111. The van der Waals surface area contributed by atoms with Crippen molar-refractivity contribution in [1.29, 1.82) is 0 Å². The molecule has 0 aliphatic carbocycles. The summed E-state index contributed by atoms with van der Waals surface area (Å²) in [5.41, 5.74) is 1.52. The molecule has 0 saturated heterocycles. The summed E-state index contributed by atoms with van der Waals surface area (Å²) in [6, 6.07) is 16.6. The second kappa shape index (κ2) is 10.3. The first-order valence-corrected chi connectivity index (χ1v) is 10.8. The number of halogens is 2. The second-order valence-corrected chi connectivity index (χ2v) is 7.84. The molecule has 4 aromatic rings. The Labute approximate surface area is 204 Å². The van der Waals surface area contributed by atoms with Crippen LogP contribution in [-0.4, -0.2) is 18.9 Å². The van der Waals surface area contributed by atoms with Gasteiger partial charge < -0.3 is 24.2 Å². The van der Waals surface area contributed by atoms with Crippen LogP contribution in [0.15, 0.2) is 81.8 Å². The molecule has 0 atom stereocenters. The molecule has 2 amide bonds. The van der Waals surface area contributed by atoms with Crippen molar-refractivity contribution in [3.8, 4) is 17.1 Å². The van der Waals surface area contributed by atoms with Crippen LogP contribution >= 0.6 is 23.2 Å². The van der Waals surface area contributed by atoms with Crippen molar-refractivity contribution in [2.75, 3.05) is 17.7 Å². The fourth-order valence-corrected chi connectivity index (χ4v) is 3.59. The number of nitrogens with one attached hydrogen (secondary N) is 2. The Balaban J connectivity index is 1.45. The number of rotatable bonds is 7. The Morgan fingerprint density at radius 1 is 1.00 bits per heavy atom. The molecule has 34 heavy (non-hydrogen) atoms. The van der Waals surface area contributed by atoms with Crippen LogP contribution in [0.25, 0.3) is 17.4 Å². The van der Waals surface area contributed by atoms with E-state index in [9.17, 15) is 9.59 Å². The van der Waals surface area contributed by atoms with Crippen LogP contribution in [0.3, 0.4) is 0 Å². The summed E-state index contributed by atoms with van der Waals surface area (Å²) in [4.78, 5) is 24.7. The van der Waals surface area contributed by atoms with Gasteiger partial charge in [0.1, 0.15) is 17.3 Å². The van der Waals surface area contributed by atoms with Gasteiger partial charge >= 0.3 is 0 Å². The van der Waals surface area contributed by atoms with Gasteiger partial charge in [0.05, 0.1) is 24.1 Å². The van der Waals surface area contributed by atoms with Crippen LogP contribution in [0.1, 0.15) is 16.3 Å². The minimum Gasteiger partial charge on any atom is -0.495 e. The van der Waals surface area contributed by atoms with Crippen LogP contribution in [0.4, 0.5) is 11.4 Å². The molecule has 2 N–H and O–H groups in total. The van der Waals surface area contributed by atoms with Gasteiger partial charge in [-0.3, -0.25) is 9.59 Å². The van der Waals surface area contributed by atoms with Crippen molar-refractivity contribution in [1.82, 2.24) is 0 Å². The van der Waals surface area contributed by atoms with Gasteiger partial charge in [0.15, 0.2) is 5.76 Å². The highest BCUT2D eigenvalue weighted by atomic mass is 35.5. The molecule has 0 fully saturated rings. The Morgan fingerprint density at radius 2 is 1.85 bits per heavy atom. The molecule has 172 valence electrons. The van der Waals surface area contributed by atoms with Gasteiger partial charge in [0.25, 0.3) is 5.91 Å². The number of carbonyl (C=O) groups is 2. The van der Waals surface area contributed by atoms with E-state index in [0.717, 1.165) is 0 Å². The van der Waals surface area contributed by atoms with Crippen molar-refractivity contribution in [3.63, 3.8) is 0 Å². The van der Waals surface area contributed by atoms with Crippen molar-refractivity contribution >= 4 is 52.5 Å². The first kappa shape index (κ1) is 23.2. The molecule has 0 aliphatic rings. The van der Waals surface area contributed by atoms with Crippen LogP contribution in [0.2, 0.25) is 10.0 Å². The van der Waals surface area contributed by atoms with E-state index in [-0.39, 0.29) is 5.76 Å². The Bertz CT molecular complexity index is 1360. The van der Waals surface area contributed by atoms with E-state index in [0.29, 0.717) is 44.3 Å². The monoisotopic (exact) mass is 496 g/mol. The number of hydrogen-bond donors (Lipinski definition) is 2. The summed E-state index contributed by atoms with van der Waals surface area (Å²) in [6.07, 6.45) is 4.25. The predicted octanol–water partition coefficient (Wildman–Crippen LogP) is 6.76. The zero-order valence-electron chi connectivity index (χ0n) is 17.8. The zero-order valence-corrected chi connectivity index (χ0v) is 19.3. The number of benzene rings is 2. The number of ether oxygens (including phenoxy) is 1. The van der Waals surface area contributed by atoms with Crippen LogP contribution in [-0.2, 0) is 4.79 Å². The molecular weight excluding hydrogens is 479 g/mol. The van der Waals surface area contributed by atoms with Crippen LogP contribution < -0.4 is 15.4 Å². The molecule has 0 radical (unpaired) electrons. The van der Waals surface area contributed by atoms with Crippen molar-refractivity contribution in [2.45, 2.75) is 0 Å². The average molecular weight is 497 g/mol. The van der Waals surface area contributed by atoms with Crippen molar-refractivity contribution in [3.05, 3.63) is 94.6 Å². The van der Waals surface area contributed by atoms with E-state index in [1.54, 1.807) is 60.7 Å². The lowest BCUT2D eigenvalue weighted by Gasteiger charge is -2.11. The molecular formula is C25H18Cl2N2O5. The molecule has 0 aliphatic heterocycles. The third-order valence-corrected chi connectivity index (χ3v) is 5.23. The zero-order chi connectivity index (χ0) is 24.1. The predicted molar refractivity (Wildman–Crippen MR) is 131 cm³/mol. The molecule has 9 heteroatoms. The van der Waals surface area contributed by atoms with Gasteiger partial charge in [-0.2, -0.15) is 0 Å². The Hall–Kier alpha value is -3.94. The summed E-state index contributed by atoms with van der Waals surface area (Å²) in [7, 11) is 1.48. The van der Waals surface area contributed by atoms with E-state index in [4.69, 9.17) is 36.8 Å².